The lowest BCUT2D eigenvalue weighted by atomic mass is 9.93. The number of carbonyl (C=O) groups is 1. The topological polar surface area (TPSA) is 41.6 Å². The highest BCUT2D eigenvalue weighted by Crippen LogP contribution is 2.18. The Morgan fingerprint density at radius 3 is 2.57 bits per heavy atom. The van der Waals surface area contributed by atoms with Gasteiger partial charge in [0.1, 0.15) is 12.4 Å². The predicted molar refractivity (Wildman–Crippen MR) is 96.4 cm³/mol. The Hall–Kier alpha value is -1.26. The number of likely N-dealkylation sites (N-methyl/N-ethyl adjacent to an activating group) is 1. The second kappa shape index (κ2) is 10.5. The lowest BCUT2D eigenvalue weighted by Gasteiger charge is -2.23. The molecule has 1 saturated heterocycles. The molecule has 0 radical (unpaired) electrons. The highest BCUT2D eigenvalue weighted by Gasteiger charge is 2.16. The van der Waals surface area contributed by atoms with Crippen molar-refractivity contribution in [3.63, 3.8) is 0 Å². The highest BCUT2D eigenvalue weighted by atomic mass is 35.5. The van der Waals surface area contributed by atoms with Gasteiger partial charge in [-0.15, -0.1) is 12.4 Å². The van der Waals surface area contributed by atoms with E-state index in [1.807, 2.05) is 31.3 Å². The van der Waals surface area contributed by atoms with Crippen LogP contribution in [-0.4, -0.2) is 44.1 Å². The molecule has 1 N–H and O–H groups in total. The molecule has 0 saturated carbocycles. The molecular weight excluding hydrogens is 312 g/mol. The molecule has 1 aliphatic rings. The fourth-order valence-corrected chi connectivity index (χ4v) is 2.75. The van der Waals surface area contributed by atoms with Gasteiger partial charge in [0, 0.05) is 13.5 Å². The summed E-state index contributed by atoms with van der Waals surface area (Å²) < 4.78 is 5.67. The van der Waals surface area contributed by atoms with Crippen LogP contribution in [0.5, 0.6) is 5.75 Å². The molecular formula is C18H29ClN2O2. The van der Waals surface area contributed by atoms with Crippen molar-refractivity contribution in [1.29, 1.82) is 0 Å². The lowest BCUT2D eigenvalue weighted by Crippen LogP contribution is -2.32. The predicted octanol–water partition coefficient (Wildman–Crippen LogP) is 3.03. The van der Waals surface area contributed by atoms with Crippen molar-refractivity contribution in [2.75, 3.05) is 33.3 Å². The van der Waals surface area contributed by atoms with Crippen molar-refractivity contribution in [3.8, 4) is 5.75 Å². The van der Waals surface area contributed by atoms with E-state index in [0.29, 0.717) is 25.5 Å². The number of halogens is 1. The van der Waals surface area contributed by atoms with E-state index in [2.05, 4.69) is 12.2 Å². The number of hydrogen-bond donors (Lipinski definition) is 1. The number of ether oxygens (including phenoxy) is 1. The van der Waals surface area contributed by atoms with E-state index < -0.39 is 0 Å². The summed E-state index contributed by atoms with van der Waals surface area (Å²) in [6.07, 6.45) is 4.08. The van der Waals surface area contributed by atoms with E-state index in [4.69, 9.17) is 4.74 Å². The summed E-state index contributed by atoms with van der Waals surface area (Å²) in [4.78, 5) is 13.9. The standard InChI is InChI=1S/C18H28N2O2.ClH/c1-15-3-6-17(7-4-15)22-14-13-20(2)18(21)8-5-16-9-11-19-12-10-16;/h3-4,6-7,16,19H,5,8-14H2,1-2H3;1H. The molecule has 0 atom stereocenters. The number of carbonyl (C=O) groups excluding carboxylic acids is 1. The van der Waals surface area contributed by atoms with Crippen LogP contribution in [0.2, 0.25) is 0 Å². The van der Waals surface area contributed by atoms with Gasteiger partial charge in [0.05, 0.1) is 6.54 Å². The van der Waals surface area contributed by atoms with Crippen molar-refractivity contribution >= 4 is 18.3 Å². The molecule has 2 rings (SSSR count). The summed E-state index contributed by atoms with van der Waals surface area (Å²) in [5, 5.41) is 3.36. The van der Waals surface area contributed by atoms with Gasteiger partial charge in [0.2, 0.25) is 5.91 Å². The van der Waals surface area contributed by atoms with E-state index in [9.17, 15) is 4.79 Å². The van der Waals surface area contributed by atoms with Gasteiger partial charge in [0.15, 0.2) is 0 Å². The summed E-state index contributed by atoms with van der Waals surface area (Å²) in [6.45, 7) is 5.42. The second-order valence-corrected chi connectivity index (χ2v) is 6.21. The molecule has 0 unspecified atom stereocenters. The fraction of sp³-hybridized carbons (Fsp3) is 0.611. The number of nitrogens with one attached hydrogen (secondary N) is 1. The minimum Gasteiger partial charge on any atom is -0.492 e. The molecule has 23 heavy (non-hydrogen) atoms. The third-order valence-electron chi connectivity index (χ3n) is 4.37. The van der Waals surface area contributed by atoms with Crippen molar-refractivity contribution in [3.05, 3.63) is 29.8 Å². The molecule has 5 heteroatoms. The Labute approximate surface area is 146 Å². The molecule has 4 nitrogen and oxygen atoms in total. The van der Waals surface area contributed by atoms with Crippen molar-refractivity contribution < 1.29 is 9.53 Å². The van der Waals surface area contributed by atoms with Crippen LogP contribution in [0.15, 0.2) is 24.3 Å². The van der Waals surface area contributed by atoms with Crippen LogP contribution < -0.4 is 10.1 Å². The number of nitrogens with zero attached hydrogens (tertiary/aromatic N) is 1. The van der Waals surface area contributed by atoms with Gasteiger partial charge in [-0.1, -0.05) is 17.7 Å². The maximum Gasteiger partial charge on any atom is 0.222 e. The van der Waals surface area contributed by atoms with Crippen molar-refractivity contribution in [1.82, 2.24) is 10.2 Å². The minimum atomic E-state index is 0. The lowest BCUT2D eigenvalue weighted by molar-refractivity contribution is -0.130. The molecule has 0 aliphatic carbocycles. The van der Waals surface area contributed by atoms with Gasteiger partial charge in [-0.25, -0.2) is 0 Å². The van der Waals surface area contributed by atoms with Crippen LogP contribution >= 0.6 is 12.4 Å². The van der Waals surface area contributed by atoms with Crippen LogP contribution in [0.25, 0.3) is 0 Å². The molecule has 1 aliphatic heterocycles. The van der Waals surface area contributed by atoms with Gasteiger partial charge in [0.25, 0.3) is 0 Å². The normalized spacial score (nSPS) is 14.9. The Bertz CT molecular complexity index is 459. The van der Waals surface area contributed by atoms with Crippen LogP contribution in [-0.2, 0) is 4.79 Å². The van der Waals surface area contributed by atoms with Gasteiger partial charge in [-0.3, -0.25) is 4.79 Å². The Balaban J connectivity index is 0.00000264. The maximum absolute atomic E-state index is 12.1. The Kier molecular flexibility index (Phi) is 9.03. The first-order valence-corrected chi connectivity index (χ1v) is 8.29. The number of aryl methyl sites for hydroxylation is 1. The average molecular weight is 341 g/mol. The minimum absolute atomic E-state index is 0. The first kappa shape index (κ1) is 19.8. The largest absolute Gasteiger partial charge is 0.492 e. The molecule has 0 aromatic heterocycles. The maximum atomic E-state index is 12.1. The van der Waals surface area contributed by atoms with E-state index in [-0.39, 0.29) is 18.3 Å². The van der Waals surface area contributed by atoms with Gasteiger partial charge >= 0.3 is 0 Å². The molecule has 1 aromatic rings. The van der Waals surface area contributed by atoms with Gasteiger partial charge in [-0.2, -0.15) is 0 Å². The summed E-state index contributed by atoms with van der Waals surface area (Å²) >= 11 is 0. The van der Waals surface area contributed by atoms with Crippen LogP contribution in [0.4, 0.5) is 0 Å². The van der Waals surface area contributed by atoms with Crippen LogP contribution in [0, 0.1) is 12.8 Å². The summed E-state index contributed by atoms with van der Waals surface area (Å²) in [5.74, 6) is 1.80. The zero-order valence-corrected chi connectivity index (χ0v) is 15.0. The number of piperidine rings is 1. The Morgan fingerprint density at radius 2 is 1.91 bits per heavy atom. The first-order chi connectivity index (χ1) is 10.6. The van der Waals surface area contributed by atoms with Crippen molar-refractivity contribution in [2.45, 2.75) is 32.6 Å². The fourth-order valence-electron chi connectivity index (χ4n) is 2.75. The molecule has 130 valence electrons. The number of hydrogen-bond acceptors (Lipinski definition) is 3. The van der Waals surface area contributed by atoms with E-state index in [1.54, 1.807) is 4.90 Å². The van der Waals surface area contributed by atoms with E-state index >= 15 is 0 Å². The molecule has 0 bridgehead atoms. The third-order valence-corrected chi connectivity index (χ3v) is 4.37. The van der Waals surface area contributed by atoms with Crippen LogP contribution in [0.3, 0.4) is 0 Å². The SMILES string of the molecule is Cc1ccc(OCCN(C)C(=O)CCC2CCNCC2)cc1.Cl. The number of benzene rings is 1. The summed E-state index contributed by atoms with van der Waals surface area (Å²) in [5.41, 5.74) is 1.22. The third kappa shape index (κ3) is 7.23. The molecule has 1 fully saturated rings. The number of amides is 1. The smallest absolute Gasteiger partial charge is 0.222 e. The first-order valence-electron chi connectivity index (χ1n) is 8.29. The molecule has 1 amide bonds. The second-order valence-electron chi connectivity index (χ2n) is 6.21. The van der Waals surface area contributed by atoms with E-state index in [0.717, 1.165) is 25.3 Å². The molecule has 1 aromatic carbocycles. The quantitative estimate of drug-likeness (QED) is 0.829. The zero-order valence-electron chi connectivity index (χ0n) is 14.2. The monoisotopic (exact) mass is 340 g/mol. The molecule has 0 spiro atoms. The van der Waals surface area contributed by atoms with Gasteiger partial charge < -0.3 is 15.0 Å². The van der Waals surface area contributed by atoms with Crippen molar-refractivity contribution in [2.24, 2.45) is 5.92 Å². The summed E-state index contributed by atoms with van der Waals surface area (Å²) in [6, 6.07) is 8.00. The van der Waals surface area contributed by atoms with E-state index in [1.165, 1.54) is 18.4 Å². The highest BCUT2D eigenvalue weighted by molar-refractivity contribution is 5.85. The zero-order chi connectivity index (χ0) is 15.8. The average Bonchev–Trinajstić information content (AvgIpc) is 2.55. The Morgan fingerprint density at radius 1 is 1.26 bits per heavy atom. The van der Waals surface area contributed by atoms with Gasteiger partial charge in [-0.05, 0) is 57.3 Å². The molecule has 1 heterocycles. The summed E-state index contributed by atoms with van der Waals surface area (Å²) in [7, 11) is 1.86. The number of rotatable bonds is 7. The van der Waals surface area contributed by atoms with Crippen LogP contribution in [0.1, 0.15) is 31.2 Å².